The van der Waals surface area contributed by atoms with Gasteiger partial charge in [0, 0.05) is 10.9 Å². The largest absolute Gasteiger partial charge is 0.460 e. The summed E-state index contributed by atoms with van der Waals surface area (Å²) in [4.78, 5) is 30.4. The molecule has 5 rings (SSSR count). The van der Waals surface area contributed by atoms with Gasteiger partial charge in [0.15, 0.2) is 0 Å². The van der Waals surface area contributed by atoms with Gasteiger partial charge < -0.3 is 9.15 Å². The number of aryl methyl sites for hydroxylation is 2. The number of hydrogen-bond donors (Lipinski definition) is 0. The van der Waals surface area contributed by atoms with Crippen molar-refractivity contribution in [2.45, 2.75) is 39.2 Å². The number of thiophene rings is 1. The van der Waals surface area contributed by atoms with Crippen molar-refractivity contribution >= 4 is 27.5 Å². The van der Waals surface area contributed by atoms with Gasteiger partial charge in [-0.05, 0) is 61.4 Å². The van der Waals surface area contributed by atoms with Crippen LogP contribution in [-0.4, -0.2) is 22.1 Å². The fraction of sp³-hybridized carbons (Fsp3) is 0.292. The van der Waals surface area contributed by atoms with Crippen LogP contribution in [-0.2, 0) is 24.1 Å². The Bertz CT molecular complexity index is 1330. The minimum atomic E-state index is -0.512. The topological polar surface area (TPSA) is 74.3 Å². The smallest absolute Gasteiger partial charge is 0.374 e. The zero-order valence-electron chi connectivity index (χ0n) is 17.2. The van der Waals surface area contributed by atoms with Crippen molar-refractivity contribution in [2.75, 3.05) is 6.61 Å². The standard InChI is InChI=1S/C24H22N2O4S/c1-2-29-24(28)20-10-9-18(30-20)12-26-14-25-22-21(23(26)27)19(13-31-22)17-8-7-15-5-3-4-6-16(15)11-17/h7-11,13-14H,2-6,12H2,1H3. The average molecular weight is 435 g/mol. The quantitative estimate of drug-likeness (QED) is 0.421. The molecule has 1 aliphatic rings. The second-order valence-corrected chi connectivity index (χ2v) is 8.54. The molecule has 0 atom stereocenters. The van der Waals surface area contributed by atoms with E-state index in [4.69, 9.17) is 9.15 Å². The van der Waals surface area contributed by atoms with Crippen LogP contribution in [0.1, 0.15) is 47.2 Å². The summed E-state index contributed by atoms with van der Waals surface area (Å²) in [5, 5.41) is 2.64. The van der Waals surface area contributed by atoms with Crippen molar-refractivity contribution < 1.29 is 13.9 Å². The molecule has 0 aliphatic heterocycles. The molecule has 0 fully saturated rings. The molecule has 0 unspecified atom stereocenters. The molecule has 158 valence electrons. The first-order chi connectivity index (χ1) is 15.1. The Labute approximate surface area is 183 Å². The normalized spacial score (nSPS) is 13.3. The number of hydrogen-bond acceptors (Lipinski definition) is 6. The van der Waals surface area contributed by atoms with Crippen LogP contribution in [0.2, 0.25) is 0 Å². The summed E-state index contributed by atoms with van der Waals surface area (Å²) in [7, 11) is 0. The molecule has 6 nitrogen and oxygen atoms in total. The number of ether oxygens (including phenoxy) is 1. The SMILES string of the molecule is CCOC(=O)c1ccc(Cn2cnc3scc(-c4ccc5c(c4)CCCC5)c3c2=O)o1. The molecule has 1 aliphatic carbocycles. The lowest BCUT2D eigenvalue weighted by atomic mass is 9.89. The van der Waals surface area contributed by atoms with Crippen molar-refractivity contribution in [3.8, 4) is 11.1 Å². The van der Waals surface area contributed by atoms with Gasteiger partial charge in [-0.1, -0.05) is 18.2 Å². The van der Waals surface area contributed by atoms with Crippen molar-refractivity contribution in [3.05, 3.63) is 75.0 Å². The van der Waals surface area contributed by atoms with E-state index in [1.165, 1.54) is 46.2 Å². The maximum absolute atomic E-state index is 13.3. The highest BCUT2D eigenvalue weighted by molar-refractivity contribution is 7.17. The first-order valence-electron chi connectivity index (χ1n) is 10.5. The van der Waals surface area contributed by atoms with Crippen molar-refractivity contribution in [1.29, 1.82) is 0 Å². The number of rotatable bonds is 5. The Morgan fingerprint density at radius 2 is 2.03 bits per heavy atom. The molecule has 0 spiro atoms. The number of benzene rings is 1. The highest BCUT2D eigenvalue weighted by Gasteiger charge is 2.17. The van der Waals surface area contributed by atoms with Gasteiger partial charge in [0.25, 0.3) is 5.56 Å². The summed E-state index contributed by atoms with van der Waals surface area (Å²) < 4.78 is 12.0. The van der Waals surface area contributed by atoms with Crippen LogP contribution in [0.4, 0.5) is 0 Å². The molecule has 7 heteroatoms. The Morgan fingerprint density at radius 3 is 2.87 bits per heavy atom. The number of fused-ring (bicyclic) bond motifs is 2. The zero-order chi connectivity index (χ0) is 21.4. The molecule has 4 aromatic rings. The van der Waals surface area contributed by atoms with E-state index in [0.29, 0.717) is 11.1 Å². The van der Waals surface area contributed by atoms with Gasteiger partial charge in [0.1, 0.15) is 10.6 Å². The van der Waals surface area contributed by atoms with Crippen LogP contribution in [0, 0.1) is 0 Å². The monoisotopic (exact) mass is 434 g/mol. The summed E-state index contributed by atoms with van der Waals surface area (Å²) in [5.74, 6) is 0.114. The lowest BCUT2D eigenvalue weighted by Gasteiger charge is -2.16. The van der Waals surface area contributed by atoms with E-state index in [9.17, 15) is 9.59 Å². The van der Waals surface area contributed by atoms with Crippen LogP contribution in [0.25, 0.3) is 21.3 Å². The number of furan rings is 1. The van der Waals surface area contributed by atoms with E-state index in [0.717, 1.165) is 28.8 Å². The fourth-order valence-corrected chi connectivity index (χ4v) is 5.04. The van der Waals surface area contributed by atoms with Crippen molar-refractivity contribution in [2.24, 2.45) is 0 Å². The van der Waals surface area contributed by atoms with E-state index in [2.05, 4.69) is 23.2 Å². The fourth-order valence-electron chi connectivity index (χ4n) is 4.14. The van der Waals surface area contributed by atoms with Gasteiger partial charge in [-0.2, -0.15) is 0 Å². The third-order valence-electron chi connectivity index (χ3n) is 5.68. The molecule has 0 radical (unpaired) electrons. The molecule has 0 bridgehead atoms. The van der Waals surface area contributed by atoms with Crippen LogP contribution < -0.4 is 5.56 Å². The lowest BCUT2D eigenvalue weighted by Crippen LogP contribution is -2.20. The van der Waals surface area contributed by atoms with Gasteiger partial charge in [0.05, 0.1) is 24.9 Å². The van der Waals surface area contributed by atoms with Crippen molar-refractivity contribution in [3.63, 3.8) is 0 Å². The van der Waals surface area contributed by atoms with E-state index in [1.54, 1.807) is 19.1 Å². The van der Waals surface area contributed by atoms with Crippen LogP contribution in [0.15, 0.2) is 51.3 Å². The second-order valence-electron chi connectivity index (χ2n) is 7.68. The predicted octanol–water partition coefficient (Wildman–Crippen LogP) is 4.82. The predicted molar refractivity (Wildman–Crippen MR) is 120 cm³/mol. The molecule has 31 heavy (non-hydrogen) atoms. The van der Waals surface area contributed by atoms with E-state index >= 15 is 0 Å². The Kier molecular flexibility index (Phi) is 5.19. The summed E-state index contributed by atoms with van der Waals surface area (Å²) in [6.45, 7) is 2.21. The molecule has 1 aromatic carbocycles. The summed E-state index contributed by atoms with van der Waals surface area (Å²) in [6, 6.07) is 9.78. The first-order valence-corrected chi connectivity index (χ1v) is 11.4. The highest BCUT2D eigenvalue weighted by Crippen LogP contribution is 2.33. The summed E-state index contributed by atoms with van der Waals surface area (Å²) in [5.41, 5.74) is 4.67. The van der Waals surface area contributed by atoms with E-state index in [-0.39, 0.29) is 24.5 Å². The van der Waals surface area contributed by atoms with Gasteiger partial charge >= 0.3 is 5.97 Å². The third-order valence-corrected chi connectivity index (χ3v) is 6.57. The second kappa shape index (κ2) is 8.15. The van der Waals surface area contributed by atoms with Gasteiger partial charge in [-0.25, -0.2) is 9.78 Å². The molecule has 0 amide bonds. The number of esters is 1. The number of nitrogens with zero attached hydrogens (tertiary/aromatic N) is 2. The molecule has 0 saturated heterocycles. The van der Waals surface area contributed by atoms with Crippen LogP contribution >= 0.6 is 11.3 Å². The molecular formula is C24H22N2O4S. The first kappa shape index (κ1) is 19.8. The molecule has 3 heterocycles. The highest BCUT2D eigenvalue weighted by atomic mass is 32.1. The summed E-state index contributed by atoms with van der Waals surface area (Å²) in [6.07, 6.45) is 6.21. The Morgan fingerprint density at radius 1 is 1.19 bits per heavy atom. The average Bonchev–Trinajstić information content (AvgIpc) is 3.43. The Hall–Kier alpha value is -3.19. The minimum absolute atomic E-state index is 0.118. The minimum Gasteiger partial charge on any atom is -0.460 e. The van der Waals surface area contributed by atoms with E-state index < -0.39 is 5.97 Å². The molecule has 0 N–H and O–H groups in total. The third kappa shape index (κ3) is 3.70. The number of carbonyl (C=O) groups is 1. The zero-order valence-corrected chi connectivity index (χ0v) is 18.0. The van der Waals surface area contributed by atoms with Gasteiger partial charge in [-0.3, -0.25) is 9.36 Å². The summed E-state index contributed by atoms with van der Waals surface area (Å²) >= 11 is 1.48. The maximum atomic E-state index is 13.3. The van der Waals surface area contributed by atoms with Crippen LogP contribution in [0.5, 0.6) is 0 Å². The maximum Gasteiger partial charge on any atom is 0.374 e. The van der Waals surface area contributed by atoms with Crippen LogP contribution in [0.3, 0.4) is 0 Å². The number of carbonyl (C=O) groups excluding carboxylic acids is 1. The lowest BCUT2D eigenvalue weighted by molar-refractivity contribution is 0.0488. The van der Waals surface area contributed by atoms with Crippen molar-refractivity contribution in [1.82, 2.24) is 9.55 Å². The Balaban J connectivity index is 1.50. The molecule has 3 aromatic heterocycles. The molecular weight excluding hydrogens is 412 g/mol. The van der Waals surface area contributed by atoms with Gasteiger partial charge in [0.2, 0.25) is 5.76 Å². The number of aromatic nitrogens is 2. The van der Waals surface area contributed by atoms with Gasteiger partial charge in [-0.15, -0.1) is 11.3 Å². The molecule has 0 saturated carbocycles. The van der Waals surface area contributed by atoms with E-state index in [1.807, 2.05) is 5.38 Å².